The summed E-state index contributed by atoms with van der Waals surface area (Å²) in [7, 11) is -1.90. The molecule has 30 heavy (non-hydrogen) atoms. The van der Waals surface area contributed by atoms with Crippen molar-refractivity contribution in [2.24, 2.45) is 0 Å². The van der Waals surface area contributed by atoms with Gasteiger partial charge >= 0.3 is 0 Å². The van der Waals surface area contributed by atoms with Gasteiger partial charge in [0.2, 0.25) is 15.9 Å². The van der Waals surface area contributed by atoms with Crippen LogP contribution in [0.15, 0.2) is 47.4 Å². The molecule has 1 N–H and O–H groups in total. The highest BCUT2D eigenvalue weighted by Gasteiger charge is 2.29. The van der Waals surface area contributed by atoms with Gasteiger partial charge in [0.1, 0.15) is 5.75 Å². The Morgan fingerprint density at radius 1 is 1.00 bits per heavy atom. The zero-order valence-corrected chi connectivity index (χ0v) is 18.0. The molecule has 2 aromatic rings. The largest absolute Gasteiger partial charge is 0.497 e. The Kier molecular flexibility index (Phi) is 6.08. The Morgan fingerprint density at radius 2 is 1.70 bits per heavy atom. The third-order valence-electron chi connectivity index (χ3n) is 5.78. The molecule has 4 rings (SSSR count). The molecule has 8 heteroatoms. The van der Waals surface area contributed by atoms with Gasteiger partial charge in [-0.05, 0) is 66.8 Å². The predicted molar refractivity (Wildman–Crippen MR) is 115 cm³/mol. The van der Waals surface area contributed by atoms with Crippen molar-refractivity contribution in [2.75, 3.05) is 45.2 Å². The Hall–Kier alpha value is -2.42. The Labute approximate surface area is 177 Å². The molecular formula is C22H27N3O4S. The van der Waals surface area contributed by atoms with Gasteiger partial charge in [0, 0.05) is 31.9 Å². The van der Waals surface area contributed by atoms with E-state index in [0.29, 0.717) is 36.8 Å². The second-order valence-electron chi connectivity index (χ2n) is 7.74. The van der Waals surface area contributed by atoms with Crippen molar-refractivity contribution >= 4 is 21.6 Å². The van der Waals surface area contributed by atoms with E-state index in [9.17, 15) is 13.2 Å². The van der Waals surface area contributed by atoms with Crippen molar-refractivity contribution < 1.29 is 17.9 Å². The number of hydrogen-bond acceptors (Lipinski definition) is 5. The fraction of sp³-hybridized carbons (Fsp3) is 0.409. The SMILES string of the molecule is COc1ccc(NC(=O)CN2CCN(S(=O)(=O)c3ccc4c(c3)CCC4)CC2)cc1. The molecule has 1 saturated heterocycles. The summed E-state index contributed by atoms with van der Waals surface area (Å²) in [6.07, 6.45) is 3.08. The van der Waals surface area contributed by atoms with E-state index in [1.54, 1.807) is 37.4 Å². The number of nitrogens with zero attached hydrogens (tertiary/aromatic N) is 2. The monoisotopic (exact) mass is 429 g/mol. The number of anilines is 1. The summed E-state index contributed by atoms with van der Waals surface area (Å²) in [5, 5.41) is 2.86. The van der Waals surface area contributed by atoms with E-state index < -0.39 is 10.0 Å². The first-order valence-corrected chi connectivity index (χ1v) is 11.7. The fourth-order valence-electron chi connectivity index (χ4n) is 4.06. The van der Waals surface area contributed by atoms with Gasteiger partial charge in [-0.2, -0.15) is 4.31 Å². The lowest BCUT2D eigenvalue weighted by Gasteiger charge is -2.33. The van der Waals surface area contributed by atoms with Crippen LogP contribution in [0.4, 0.5) is 5.69 Å². The highest BCUT2D eigenvalue weighted by molar-refractivity contribution is 7.89. The van der Waals surface area contributed by atoms with E-state index in [-0.39, 0.29) is 12.5 Å². The maximum atomic E-state index is 13.0. The van der Waals surface area contributed by atoms with Crippen molar-refractivity contribution in [3.8, 4) is 5.75 Å². The lowest BCUT2D eigenvalue weighted by Crippen LogP contribution is -2.50. The molecule has 0 spiro atoms. The minimum absolute atomic E-state index is 0.116. The molecule has 7 nitrogen and oxygen atoms in total. The molecule has 0 saturated carbocycles. The van der Waals surface area contributed by atoms with Crippen LogP contribution in [0.25, 0.3) is 0 Å². The topological polar surface area (TPSA) is 79.0 Å². The molecular weight excluding hydrogens is 402 g/mol. The van der Waals surface area contributed by atoms with Gasteiger partial charge in [-0.3, -0.25) is 9.69 Å². The van der Waals surface area contributed by atoms with Crippen molar-refractivity contribution in [1.82, 2.24) is 9.21 Å². The predicted octanol–water partition coefficient (Wildman–Crippen LogP) is 2.13. The van der Waals surface area contributed by atoms with Crippen molar-refractivity contribution in [2.45, 2.75) is 24.2 Å². The smallest absolute Gasteiger partial charge is 0.243 e. The van der Waals surface area contributed by atoms with E-state index in [4.69, 9.17) is 4.74 Å². The van der Waals surface area contributed by atoms with Gasteiger partial charge in [-0.1, -0.05) is 6.07 Å². The number of benzene rings is 2. The molecule has 2 aromatic carbocycles. The number of sulfonamides is 1. The summed E-state index contributed by atoms with van der Waals surface area (Å²) in [5.74, 6) is 0.615. The standard InChI is InChI=1S/C22H27N3O4S/c1-29-20-8-6-19(7-9-20)23-22(26)16-24-11-13-25(14-12-24)30(27,28)21-10-5-17-3-2-4-18(17)15-21/h5-10,15H,2-4,11-14,16H2,1H3,(H,23,26). The number of rotatable bonds is 6. The maximum Gasteiger partial charge on any atom is 0.243 e. The maximum absolute atomic E-state index is 13.0. The summed E-state index contributed by atoms with van der Waals surface area (Å²) < 4.78 is 32.7. The van der Waals surface area contributed by atoms with Crippen LogP contribution in [0.2, 0.25) is 0 Å². The van der Waals surface area contributed by atoms with Crippen molar-refractivity contribution in [3.05, 3.63) is 53.6 Å². The summed E-state index contributed by atoms with van der Waals surface area (Å²) in [5.41, 5.74) is 3.13. The fourth-order valence-corrected chi connectivity index (χ4v) is 5.54. The summed E-state index contributed by atoms with van der Waals surface area (Å²) in [6, 6.07) is 12.7. The molecule has 1 aliphatic heterocycles. The zero-order chi connectivity index (χ0) is 21.1. The number of carbonyl (C=O) groups excluding carboxylic acids is 1. The molecule has 0 bridgehead atoms. The van der Waals surface area contributed by atoms with Gasteiger partial charge in [-0.15, -0.1) is 0 Å². The van der Waals surface area contributed by atoms with Crippen molar-refractivity contribution in [1.29, 1.82) is 0 Å². The molecule has 160 valence electrons. The average Bonchev–Trinajstić information content (AvgIpc) is 3.22. The van der Waals surface area contributed by atoms with Gasteiger partial charge in [0.25, 0.3) is 0 Å². The third kappa shape index (κ3) is 4.50. The molecule has 1 heterocycles. The van der Waals surface area contributed by atoms with Crippen LogP contribution >= 0.6 is 0 Å². The normalized spacial score (nSPS) is 17.5. The Balaban J connectivity index is 1.31. The highest BCUT2D eigenvalue weighted by atomic mass is 32.2. The van der Waals surface area contributed by atoms with Crippen molar-refractivity contribution in [3.63, 3.8) is 0 Å². The first-order chi connectivity index (χ1) is 14.5. The van der Waals surface area contributed by atoms with Crippen LogP contribution in [-0.4, -0.2) is 63.4 Å². The van der Waals surface area contributed by atoms with Crippen LogP contribution in [0.1, 0.15) is 17.5 Å². The molecule has 2 aliphatic rings. The number of ether oxygens (including phenoxy) is 1. The number of carbonyl (C=O) groups is 1. The molecule has 0 atom stereocenters. The number of amides is 1. The van der Waals surface area contributed by atoms with Gasteiger partial charge in [0.15, 0.2) is 0 Å². The van der Waals surface area contributed by atoms with E-state index in [0.717, 1.165) is 30.6 Å². The van der Waals surface area contributed by atoms with E-state index in [2.05, 4.69) is 5.32 Å². The van der Waals surface area contributed by atoms with Gasteiger partial charge in [-0.25, -0.2) is 8.42 Å². The third-order valence-corrected chi connectivity index (χ3v) is 7.67. The highest BCUT2D eigenvalue weighted by Crippen LogP contribution is 2.26. The first-order valence-electron chi connectivity index (χ1n) is 10.2. The quantitative estimate of drug-likeness (QED) is 0.761. The molecule has 1 fully saturated rings. The Bertz CT molecular complexity index is 1010. The average molecular weight is 430 g/mol. The van der Waals surface area contributed by atoms with Crippen LogP contribution in [-0.2, 0) is 27.7 Å². The molecule has 0 unspecified atom stereocenters. The second-order valence-corrected chi connectivity index (χ2v) is 9.68. The first kappa shape index (κ1) is 20.8. The molecule has 1 aliphatic carbocycles. The van der Waals surface area contributed by atoms with Crippen LogP contribution in [0, 0.1) is 0 Å². The zero-order valence-electron chi connectivity index (χ0n) is 17.1. The lowest BCUT2D eigenvalue weighted by molar-refractivity contribution is -0.117. The Morgan fingerprint density at radius 3 is 2.40 bits per heavy atom. The van der Waals surface area contributed by atoms with Crippen LogP contribution in [0.5, 0.6) is 5.75 Å². The summed E-state index contributed by atoms with van der Waals surface area (Å²) in [4.78, 5) is 14.7. The van der Waals surface area contributed by atoms with Gasteiger partial charge < -0.3 is 10.1 Å². The van der Waals surface area contributed by atoms with E-state index in [1.807, 2.05) is 17.0 Å². The second kappa shape index (κ2) is 8.75. The minimum atomic E-state index is -3.50. The minimum Gasteiger partial charge on any atom is -0.497 e. The van der Waals surface area contributed by atoms with Crippen LogP contribution in [0.3, 0.4) is 0 Å². The molecule has 0 radical (unpaired) electrons. The lowest BCUT2D eigenvalue weighted by atomic mass is 10.1. The summed E-state index contributed by atoms with van der Waals surface area (Å²) >= 11 is 0. The number of hydrogen-bond donors (Lipinski definition) is 1. The van der Waals surface area contributed by atoms with E-state index in [1.165, 1.54) is 9.87 Å². The van der Waals surface area contributed by atoms with E-state index >= 15 is 0 Å². The number of methoxy groups -OCH3 is 1. The molecule has 1 amide bonds. The number of piperazine rings is 1. The number of fused-ring (bicyclic) bond motifs is 1. The number of nitrogens with one attached hydrogen (secondary N) is 1. The molecule has 0 aromatic heterocycles. The van der Waals surface area contributed by atoms with Gasteiger partial charge in [0.05, 0.1) is 18.6 Å². The van der Waals surface area contributed by atoms with Crippen LogP contribution < -0.4 is 10.1 Å². The number of aryl methyl sites for hydroxylation is 2. The summed E-state index contributed by atoms with van der Waals surface area (Å²) in [6.45, 7) is 2.06.